The smallest absolute Gasteiger partial charge is 0.265 e. The van der Waals surface area contributed by atoms with Crippen LogP contribution in [0.25, 0.3) is 0 Å². The molecule has 2 aromatic rings. The van der Waals surface area contributed by atoms with Crippen LogP contribution in [0.3, 0.4) is 0 Å². The molecule has 2 aromatic carbocycles. The number of nitrogens with one attached hydrogen (secondary N) is 1. The zero-order chi connectivity index (χ0) is 15.9. The highest BCUT2D eigenvalue weighted by Crippen LogP contribution is 2.16. The van der Waals surface area contributed by atoms with Crippen LogP contribution in [0.1, 0.15) is 25.0 Å². The number of benzene rings is 2. The van der Waals surface area contributed by atoms with Crippen molar-refractivity contribution in [2.24, 2.45) is 0 Å². The number of amides is 1. The van der Waals surface area contributed by atoms with Gasteiger partial charge in [-0.1, -0.05) is 31.2 Å². The summed E-state index contributed by atoms with van der Waals surface area (Å²) in [7, 11) is 0. The Balaban J connectivity index is 1.99. The van der Waals surface area contributed by atoms with Gasteiger partial charge in [0.2, 0.25) is 0 Å². The van der Waals surface area contributed by atoms with Gasteiger partial charge in [0.1, 0.15) is 5.75 Å². The SMILES string of the molecule is CCc1cccc(NC(=O)C(C)Oc2cccc(CO)c2)c1. The van der Waals surface area contributed by atoms with Crippen LogP contribution in [-0.4, -0.2) is 17.1 Å². The first-order valence-corrected chi connectivity index (χ1v) is 7.38. The molecule has 0 saturated heterocycles. The van der Waals surface area contributed by atoms with Crippen LogP contribution in [0.2, 0.25) is 0 Å². The molecule has 22 heavy (non-hydrogen) atoms. The van der Waals surface area contributed by atoms with Crippen LogP contribution in [0, 0.1) is 0 Å². The second kappa shape index (κ2) is 7.61. The van der Waals surface area contributed by atoms with E-state index in [-0.39, 0.29) is 12.5 Å². The van der Waals surface area contributed by atoms with E-state index in [2.05, 4.69) is 12.2 Å². The number of hydrogen-bond donors (Lipinski definition) is 2. The van der Waals surface area contributed by atoms with Crippen LogP contribution in [0.4, 0.5) is 5.69 Å². The van der Waals surface area contributed by atoms with Crippen molar-refractivity contribution < 1.29 is 14.6 Å². The molecule has 1 unspecified atom stereocenters. The Bertz CT molecular complexity index is 640. The van der Waals surface area contributed by atoms with Crippen LogP contribution < -0.4 is 10.1 Å². The van der Waals surface area contributed by atoms with Gasteiger partial charge >= 0.3 is 0 Å². The van der Waals surface area contributed by atoms with Gasteiger partial charge in [0.15, 0.2) is 6.10 Å². The lowest BCUT2D eigenvalue weighted by atomic mass is 10.1. The summed E-state index contributed by atoms with van der Waals surface area (Å²) >= 11 is 0. The van der Waals surface area contributed by atoms with E-state index in [9.17, 15) is 4.79 Å². The predicted octanol–water partition coefficient (Wildman–Crippen LogP) is 3.15. The minimum Gasteiger partial charge on any atom is -0.481 e. The van der Waals surface area contributed by atoms with Gasteiger partial charge in [0, 0.05) is 5.69 Å². The van der Waals surface area contributed by atoms with E-state index in [1.54, 1.807) is 31.2 Å². The standard InChI is InChI=1S/C18H21NO3/c1-3-14-6-4-8-16(10-14)19-18(21)13(2)22-17-9-5-7-15(11-17)12-20/h4-11,13,20H,3,12H2,1-2H3,(H,19,21). The zero-order valence-corrected chi connectivity index (χ0v) is 12.9. The zero-order valence-electron chi connectivity index (χ0n) is 12.9. The number of anilines is 1. The minimum atomic E-state index is -0.626. The average molecular weight is 299 g/mol. The number of ether oxygens (including phenoxy) is 1. The number of carbonyl (C=O) groups is 1. The topological polar surface area (TPSA) is 58.6 Å². The highest BCUT2D eigenvalue weighted by molar-refractivity contribution is 5.94. The van der Waals surface area contributed by atoms with Crippen molar-refractivity contribution >= 4 is 11.6 Å². The second-order valence-corrected chi connectivity index (χ2v) is 5.11. The second-order valence-electron chi connectivity index (χ2n) is 5.11. The summed E-state index contributed by atoms with van der Waals surface area (Å²) < 4.78 is 5.62. The lowest BCUT2D eigenvalue weighted by molar-refractivity contribution is -0.122. The normalized spacial score (nSPS) is 11.8. The van der Waals surface area contributed by atoms with Gasteiger partial charge in [-0.05, 0) is 48.7 Å². The van der Waals surface area contributed by atoms with E-state index in [1.165, 1.54) is 5.56 Å². The van der Waals surface area contributed by atoms with Crippen molar-refractivity contribution in [3.05, 3.63) is 59.7 Å². The molecule has 0 aliphatic carbocycles. The van der Waals surface area contributed by atoms with E-state index < -0.39 is 6.10 Å². The fourth-order valence-electron chi connectivity index (χ4n) is 2.09. The molecule has 116 valence electrons. The monoisotopic (exact) mass is 299 g/mol. The summed E-state index contributed by atoms with van der Waals surface area (Å²) in [4.78, 5) is 12.2. The first-order chi connectivity index (χ1) is 10.6. The number of aliphatic hydroxyl groups is 1. The van der Waals surface area contributed by atoms with Gasteiger partial charge in [-0.3, -0.25) is 4.79 Å². The third-order valence-electron chi connectivity index (χ3n) is 3.37. The molecule has 4 heteroatoms. The molecular weight excluding hydrogens is 278 g/mol. The van der Waals surface area contributed by atoms with Crippen molar-refractivity contribution in [3.8, 4) is 5.75 Å². The Kier molecular flexibility index (Phi) is 5.55. The molecule has 0 spiro atoms. The van der Waals surface area contributed by atoms with E-state index in [1.807, 2.05) is 24.3 Å². The molecule has 0 aliphatic rings. The van der Waals surface area contributed by atoms with Gasteiger partial charge in [-0.25, -0.2) is 0 Å². The Morgan fingerprint density at radius 2 is 1.91 bits per heavy atom. The molecule has 0 heterocycles. The Morgan fingerprint density at radius 3 is 2.64 bits per heavy atom. The molecule has 0 aliphatic heterocycles. The molecule has 1 amide bonds. The van der Waals surface area contributed by atoms with Crippen LogP contribution in [0.5, 0.6) is 5.75 Å². The molecule has 0 aromatic heterocycles. The summed E-state index contributed by atoms with van der Waals surface area (Å²) in [6.07, 6.45) is 0.295. The number of rotatable bonds is 6. The minimum absolute atomic E-state index is 0.0540. The molecule has 0 saturated carbocycles. The fourth-order valence-corrected chi connectivity index (χ4v) is 2.09. The summed E-state index contributed by atoms with van der Waals surface area (Å²) in [5.41, 5.74) is 2.69. The maximum Gasteiger partial charge on any atom is 0.265 e. The highest BCUT2D eigenvalue weighted by Gasteiger charge is 2.15. The summed E-state index contributed by atoms with van der Waals surface area (Å²) in [5.74, 6) is 0.360. The Labute approximate surface area is 130 Å². The van der Waals surface area contributed by atoms with Crippen molar-refractivity contribution in [2.75, 3.05) is 5.32 Å². The molecule has 1 atom stereocenters. The van der Waals surface area contributed by atoms with Gasteiger partial charge in [0.25, 0.3) is 5.91 Å². The molecule has 4 nitrogen and oxygen atoms in total. The first kappa shape index (κ1) is 16.0. The predicted molar refractivity (Wildman–Crippen MR) is 86.9 cm³/mol. The molecule has 0 radical (unpaired) electrons. The van der Waals surface area contributed by atoms with Crippen molar-refractivity contribution in [1.82, 2.24) is 0 Å². The third-order valence-corrected chi connectivity index (χ3v) is 3.37. The van der Waals surface area contributed by atoms with Crippen molar-refractivity contribution in [2.45, 2.75) is 33.0 Å². The first-order valence-electron chi connectivity index (χ1n) is 7.38. The Morgan fingerprint density at radius 1 is 1.18 bits per heavy atom. The van der Waals surface area contributed by atoms with Crippen LogP contribution in [0.15, 0.2) is 48.5 Å². The van der Waals surface area contributed by atoms with Gasteiger partial charge in [0.05, 0.1) is 6.61 Å². The largest absolute Gasteiger partial charge is 0.481 e. The molecule has 0 bridgehead atoms. The van der Waals surface area contributed by atoms with Crippen molar-refractivity contribution in [1.29, 1.82) is 0 Å². The summed E-state index contributed by atoms with van der Waals surface area (Å²) in [5, 5.41) is 12.0. The molecule has 2 rings (SSSR count). The number of aliphatic hydroxyl groups excluding tert-OH is 1. The lowest BCUT2D eigenvalue weighted by Crippen LogP contribution is -2.30. The van der Waals surface area contributed by atoms with E-state index >= 15 is 0 Å². The van der Waals surface area contributed by atoms with Crippen molar-refractivity contribution in [3.63, 3.8) is 0 Å². The molecule has 2 N–H and O–H groups in total. The summed E-state index contributed by atoms with van der Waals surface area (Å²) in [6.45, 7) is 3.72. The quantitative estimate of drug-likeness (QED) is 0.861. The molecule has 0 fully saturated rings. The van der Waals surface area contributed by atoms with E-state index in [0.717, 1.165) is 17.7 Å². The number of hydrogen-bond acceptors (Lipinski definition) is 3. The Hall–Kier alpha value is -2.33. The van der Waals surface area contributed by atoms with Crippen LogP contribution >= 0.6 is 0 Å². The van der Waals surface area contributed by atoms with Gasteiger partial charge in [-0.2, -0.15) is 0 Å². The van der Waals surface area contributed by atoms with E-state index in [4.69, 9.17) is 9.84 Å². The average Bonchev–Trinajstić information content (AvgIpc) is 2.55. The maximum atomic E-state index is 12.2. The van der Waals surface area contributed by atoms with Gasteiger partial charge < -0.3 is 15.2 Å². The highest BCUT2D eigenvalue weighted by atomic mass is 16.5. The number of carbonyl (C=O) groups excluding carboxylic acids is 1. The molecular formula is C18H21NO3. The summed E-state index contributed by atoms with van der Waals surface area (Å²) in [6, 6.07) is 14.8. The maximum absolute atomic E-state index is 12.2. The van der Waals surface area contributed by atoms with Crippen LogP contribution in [-0.2, 0) is 17.8 Å². The van der Waals surface area contributed by atoms with E-state index in [0.29, 0.717) is 5.75 Å². The lowest BCUT2D eigenvalue weighted by Gasteiger charge is -2.15. The fraction of sp³-hybridized carbons (Fsp3) is 0.278. The van der Waals surface area contributed by atoms with Gasteiger partial charge in [-0.15, -0.1) is 0 Å². The third kappa shape index (κ3) is 4.33. The number of aryl methyl sites for hydroxylation is 1.